The number of aromatic nitrogens is 1. The van der Waals surface area contributed by atoms with E-state index in [1.807, 2.05) is 45.0 Å². The van der Waals surface area contributed by atoms with Crippen LogP contribution in [0, 0.1) is 20.8 Å². The minimum absolute atomic E-state index is 0.0537. The third kappa shape index (κ3) is 4.67. The summed E-state index contributed by atoms with van der Waals surface area (Å²) in [5.41, 5.74) is 4.11. The molecule has 1 aromatic heterocycles. The van der Waals surface area contributed by atoms with Crippen LogP contribution in [-0.2, 0) is 11.3 Å². The first kappa shape index (κ1) is 17.6. The van der Waals surface area contributed by atoms with E-state index in [1.165, 1.54) is 0 Å². The Morgan fingerprint density at radius 2 is 1.76 bits per heavy atom. The number of carbonyl (C=O) groups is 1. The van der Waals surface area contributed by atoms with Crippen LogP contribution in [-0.4, -0.2) is 53.6 Å². The second-order valence-electron chi connectivity index (χ2n) is 6.80. The van der Waals surface area contributed by atoms with Crippen LogP contribution in [0.15, 0.2) is 28.8 Å². The van der Waals surface area contributed by atoms with Crippen LogP contribution in [0.5, 0.6) is 0 Å². The van der Waals surface area contributed by atoms with Crippen molar-refractivity contribution in [2.45, 2.75) is 27.3 Å². The first-order valence-corrected chi connectivity index (χ1v) is 8.74. The van der Waals surface area contributed by atoms with Crippen molar-refractivity contribution in [1.29, 1.82) is 0 Å². The van der Waals surface area contributed by atoms with E-state index in [-0.39, 0.29) is 5.91 Å². The Bertz CT molecular complexity index is 713. The van der Waals surface area contributed by atoms with E-state index in [9.17, 15) is 4.79 Å². The molecule has 3 rings (SSSR count). The standard InChI is InChI=1S/C19H26N4O2/c1-14-5-4-6-15(2)19(14)20-18(24)13-23-9-7-22(8-10-23)12-17-11-16(3)25-21-17/h4-6,11H,7-10,12-13H2,1-3H3,(H,20,24). The normalized spacial score (nSPS) is 16.1. The molecule has 6 nitrogen and oxygen atoms in total. The zero-order valence-corrected chi connectivity index (χ0v) is 15.2. The SMILES string of the molecule is Cc1cc(CN2CCN(CC(=O)Nc3c(C)cccc3C)CC2)no1. The highest BCUT2D eigenvalue weighted by atomic mass is 16.5. The molecule has 0 radical (unpaired) electrons. The molecule has 2 heterocycles. The van der Waals surface area contributed by atoms with Crippen molar-refractivity contribution in [1.82, 2.24) is 15.0 Å². The Morgan fingerprint density at radius 3 is 2.36 bits per heavy atom. The summed E-state index contributed by atoms with van der Waals surface area (Å²) in [6.07, 6.45) is 0. The number of amides is 1. The Labute approximate surface area is 148 Å². The predicted molar refractivity (Wildman–Crippen MR) is 97.5 cm³/mol. The second-order valence-corrected chi connectivity index (χ2v) is 6.80. The van der Waals surface area contributed by atoms with Gasteiger partial charge in [0, 0.05) is 44.5 Å². The Balaban J connectivity index is 1.46. The summed E-state index contributed by atoms with van der Waals surface area (Å²) in [6.45, 7) is 10.8. The summed E-state index contributed by atoms with van der Waals surface area (Å²) < 4.78 is 5.12. The number of piperazine rings is 1. The minimum Gasteiger partial charge on any atom is -0.361 e. The fourth-order valence-electron chi connectivity index (χ4n) is 3.22. The molecular formula is C19H26N4O2. The summed E-state index contributed by atoms with van der Waals surface area (Å²) in [7, 11) is 0. The molecule has 0 saturated carbocycles. The summed E-state index contributed by atoms with van der Waals surface area (Å²) in [6, 6.07) is 8.03. The van der Waals surface area contributed by atoms with Crippen molar-refractivity contribution in [2.24, 2.45) is 0 Å². The Hall–Kier alpha value is -2.18. The number of nitrogens with zero attached hydrogens (tertiary/aromatic N) is 3. The molecule has 1 fully saturated rings. The maximum atomic E-state index is 12.4. The smallest absolute Gasteiger partial charge is 0.238 e. The molecule has 134 valence electrons. The van der Waals surface area contributed by atoms with Crippen molar-refractivity contribution in [3.63, 3.8) is 0 Å². The van der Waals surface area contributed by atoms with E-state index < -0.39 is 0 Å². The van der Waals surface area contributed by atoms with E-state index in [0.29, 0.717) is 6.54 Å². The average molecular weight is 342 g/mol. The third-order valence-electron chi connectivity index (χ3n) is 4.64. The van der Waals surface area contributed by atoms with E-state index in [2.05, 4.69) is 20.3 Å². The minimum atomic E-state index is 0.0537. The lowest BCUT2D eigenvalue weighted by Gasteiger charge is -2.33. The molecule has 1 aliphatic heterocycles. The van der Waals surface area contributed by atoms with Crippen LogP contribution in [0.2, 0.25) is 0 Å². The molecule has 25 heavy (non-hydrogen) atoms. The van der Waals surface area contributed by atoms with Gasteiger partial charge in [0.1, 0.15) is 5.76 Å². The molecule has 0 bridgehead atoms. The van der Waals surface area contributed by atoms with Crippen LogP contribution in [0.3, 0.4) is 0 Å². The van der Waals surface area contributed by atoms with Gasteiger partial charge in [0.15, 0.2) is 0 Å². The van der Waals surface area contributed by atoms with Crippen LogP contribution in [0.25, 0.3) is 0 Å². The van der Waals surface area contributed by atoms with E-state index in [0.717, 1.165) is 61.0 Å². The highest BCUT2D eigenvalue weighted by molar-refractivity contribution is 5.93. The lowest BCUT2D eigenvalue weighted by Crippen LogP contribution is -2.48. The summed E-state index contributed by atoms with van der Waals surface area (Å²) >= 11 is 0. The average Bonchev–Trinajstić information content (AvgIpc) is 2.98. The summed E-state index contributed by atoms with van der Waals surface area (Å²) in [5.74, 6) is 0.898. The van der Waals surface area contributed by atoms with Crippen molar-refractivity contribution in [3.8, 4) is 0 Å². The van der Waals surface area contributed by atoms with Gasteiger partial charge in [0.2, 0.25) is 5.91 Å². The fourth-order valence-corrected chi connectivity index (χ4v) is 3.22. The molecule has 0 unspecified atom stereocenters. The second kappa shape index (κ2) is 7.80. The topological polar surface area (TPSA) is 61.6 Å². The Morgan fingerprint density at radius 1 is 1.12 bits per heavy atom. The number of carbonyl (C=O) groups excluding carboxylic acids is 1. The van der Waals surface area contributed by atoms with Gasteiger partial charge in [-0.3, -0.25) is 14.6 Å². The molecule has 1 saturated heterocycles. The first-order chi connectivity index (χ1) is 12.0. The molecule has 1 aromatic carbocycles. The van der Waals surface area contributed by atoms with Gasteiger partial charge in [0.25, 0.3) is 0 Å². The number of aryl methyl sites for hydroxylation is 3. The maximum Gasteiger partial charge on any atom is 0.238 e. The molecule has 0 atom stereocenters. The molecule has 1 N–H and O–H groups in total. The zero-order chi connectivity index (χ0) is 17.8. The van der Waals surface area contributed by atoms with E-state index in [4.69, 9.17) is 4.52 Å². The summed E-state index contributed by atoms with van der Waals surface area (Å²) in [5, 5.41) is 7.11. The van der Waals surface area contributed by atoms with Crippen LogP contribution in [0.1, 0.15) is 22.6 Å². The van der Waals surface area contributed by atoms with Crippen molar-refractivity contribution in [2.75, 3.05) is 38.0 Å². The van der Waals surface area contributed by atoms with Crippen molar-refractivity contribution in [3.05, 3.63) is 46.8 Å². The Kier molecular flexibility index (Phi) is 5.50. The highest BCUT2D eigenvalue weighted by Gasteiger charge is 2.20. The molecule has 6 heteroatoms. The number of hydrogen-bond donors (Lipinski definition) is 1. The summed E-state index contributed by atoms with van der Waals surface area (Å²) in [4.78, 5) is 16.9. The van der Waals surface area contributed by atoms with Gasteiger partial charge in [-0.1, -0.05) is 23.4 Å². The number of benzene rings is 1. The fraction of sp³-hybridized carbons (Fsp3) is 0.474. The third-order valence-corrected chi connectivity index (χ3v) is 4.64. The zero-order valence-electron chi connectivity index (χ0n) is 15.2. The van der Waals surface area contributed by atoms with Crippen molar-refractivity contribution >= 4 is 11.6 Å². The van der Waals surface area contributed by atoms with E-state index in [1.54, 1.807) is 0 Å². The predicted octanol–water partition coefficient (Wildman–Crippen LogP) is 2.36. The van der Waals surface area contributed by atoms with Gasteiger partial charge >= 0.3 is 0 Å². The lowest BCUT2D eigenvalue weighted by molar-refractivity contribution is -0.117. The number of hydrogen-bond acceptors (Lipinski definition) is 5. The van der Waals surface area contributed by atoms with Gasteiger partial charge < -0.3 is 9.84 Å². The van der Waals surface area contributed by atoms with Gasteiger partial charge in [-0.15, -0.1) is 0 Å². The lowest BCUT2D eigenvalue weighted by atomic mass is 10.1. The van der Waals surface area contributed by atoms with Crippen LogP contribution in [0.4, 0.5) is 5.69 Å². The molecule has 1 amide bonds. The number of nitrogens with one attached hydrogen (secondary N) is 1. The molecule has 0 spiro atoms. The number of para-hydroxylation sites is 1. The largest absolute Gasteiger partial charge is 0.361 e. The van der Waals surface area contributed by atoms with Gasteiger partial charge in [0.05, 0.1) is 12.2 Å². The number of rotatable bonds is 5. The van der Waals surface area contributed by atoms with Crippen LogP contribution >= 0.6 is 0 Å². The van der Waals surface area contributed by atoms with Crippen LogP contribution < -0.4 is 5.32 Å². The molecule has 2 aromatic rings. The first-order valence-electron chi connectivity index (χ1n) is 8.74. The number of anilines is 1. The van der Waals surface area contributed by atoms with Gasteiger partial charge in [-0.25, -0.2) is 0 Å². The molecule has 1 aliphatic rings. The maximum absolute atomic E-state index is 12.4. The molecule has 0 aliphatic carbocycles. The monoisotopic (exact) mass is 342 g/mol. The van der Waals surface area contributed by atoms with E-state index >= 15 is 0 Å². The quantitative estimate of drug-likeness (QED) is 0.904. The molecular weight excluding hydrogens is 316 g/mol. The van der Waals surface area contributed by atoms with Gasteiger partial charge in [-0.05, 0) is 31.9 Å². The van der Waals surface area contributed by atoms with Gasteiger partial charge in [-0.2, -0.15) is 0 Å². The highest BCUT2D eigenvalue weighted by Crippen LogP contribution is 2.19. The van der Waals surface area contributed by atoms with Crippen molar-refractivity contribution < 1.29 is 9.32 Å².